The molecule has 17 heavy (non-hydrogen) atoms. The zero-order valence-corrected chi connectivity index (χ0v) is 11.3. The SMILES string of the molecule is CC(C)Sc1ccc(CNC(=O)C(C)O)cc1. The van der Waals surface area contributed by atoms with Gasteiger partial charge >= 0.3 is 0 Å². The smallest absolute Gasteiger partial charge is 0.248 e. The third-order valence-corrected chi connectivity index (χ3v) is 3.16. The Balaban J connectivity index is 2.48. The van der Waals surface area contributed by atoms with Crippen LogP contribution in [-0.2, 0) is 11.3 Å². The van der Waals surface area contributed by atoms with Crippen molar-refractivity contribution < 1.29 is 9.90 Å². The van der Waals surface area contributed by atoms with Crippen molar-refractivity contribution in [3.05, 3.63) is 29.8 Å². The second-order valence-corrected chi connectivity index (χ2v) is 5.85. The Kier molecular flexibility index (Phi) is 5.51. The second kappa shape index (κ2) is 6.67. The first-order valence-electron chi connectivity index (χ1n) is 5.70. The number of aliphatic hydroxyl groups excluding tert-OH is 1. The van der Waals surface area contributed by atoms with E-state index >= 15 is 0 Å². The largest absolute Gasteiger partial charge is 0.384 e. The zero-order chi connectivity index (χ0) is 12.8. The molecule has 94 valence electrons. The molecule has 1 aromatic carbocycles. The lowest BCUT2D eigenvalue weighted by Gasteiger charge is -2.08. The molecule has 0 fully saturated rings. The van der Waals surface area contributed by atoms with E-state index in [1.807, 2.05) is 23.9 Å². The van der Waals surface area contributed by atoms with E-state index in [4.69, 9.17) is 5.11 Å². The Morgan fingerprint density at radius 2 is 1.88 bits per heavy atom. The minimum absolute atomic E-state index is 0.342. The number of hydrogen-bond acceptors (Lipinski definition) is 3. The van der Waals surface area contributed by atoms with Gasteiger partial charge in [-0.15, -0.1) is 11.8 Å². The molecule has 1 atom stereocenters. The summed E-state index contributed by atoms with van der Waals surface area (Å²) in [4.78, 5) is 12.4. The normalized spacial score (nSPS) is 12.5. The Labute approximate surface area is 107 Å². The molecule has 1 unspecified atom stereocenters. The van der Waals surface area contributed by atoms with E-state index in [1.165, 1.54) is 11.8 Å². The Morgan fingerprint density at radius 3 is 2.35 bits per heavy atom. The summed E-state index contributed by atoms with van der Waals surface area (Å²) in [5.74, 6) is -0.342. The number of rotatable bonds is 5. The van der Waals surface area contributed by atoms with Crippen LogP contribution in [0.15, 0.2) is 29.2 Å². The van der Waals surface area contributed by atoms with Crippen LogP contribution in [0, 0.1) is 0 Å². The van der Waals surface area contributed by atoms with Crippen LogP contribution in [0.4, 0.5) is 0 Å². The molecule has 1 amide bonds. The van der Waals surface area contributed by atoms with E-state index in [0.29, 0.717) is 11.8 Å². The summed E-state index contributed by atoms with van der Waals surface area (Å²) in [6, 6.07) is 8.09. The van der Waals surface area contributed by atoms with Crippen LogP contribution in [0.2, 0.25) is 0 Å². The Morgan fingerprint density at radius 1 is 1.29 bits per heavy atom. The van der Waals surface area contributed by atoms with Crippen LogP contribution >= 0.6 is 11.8 Å². The zero-order valence-electron chi connectivity index (χ0n) is 10.4. The summed E-state index contributed by atoms with van der Waals surface area (Å²) in [5.41, 5.74) is 1.03. The average Bonchev–Trinajstić information content (AvgIpc) is 2.26. The van der Waals surface area contributed by atoms with Gasteiger partial charge in [0.1, 0.15) is 6.10 Å². The fraction of sp³-hybridized carbons (Fsp3) is 0.462. The molecule has 0 aliphatic carbocycles. The minimum atomic E-state index is -0.953. The van der Waals surface area contributed by atoms with Crippen molar-refractivity contribution >= 4 is 17.7 Å². The number of carbonyl (C=O) groups excluding carboxylic acids is 1. The van der Waals surface area contributed by atoms with Crippen molar-refractivity contribution in [2.75, 3.05) is 0 Å². The van der Waals surface area contributed by atoms with Gasteiger partial charge in [-0.05, 0) is 24.6 Å². The summed E-state index contributed by atoms with van der Waals surface area (Å²) in [6.07, 6.45) is -0.953. The summed E-state index contributed by atoms with van der Waals surface area (Å²) >= 11 is 1.81. The van der Waals surface area contributed by atoms with Gasteiger partial charge in [0, 0.05) is 16.7 Å². The molecule has 0 spiro atoms. The maximum absolute atomic E-state index is 11.2. The first kappa shape index (κ1) is 14.1. The lowest BCUT2D eigenvalue weighted by Crippen LogP contribution is -2.31. The highest BCUT2D eigenvalue weighted by Gasteiger charge is 2.07. The van der Waals surface area contributed by atoms with Crippen molar-refractivity contribution in [3.63, 3.8) is 0 Å². The van der Waals surface area contributed by atoms with Crippen LogP contribution in [0.25, 0.3) is 0 Å². The predicted molar refractivity (Wildman–Crippen MR) is 71.0 cm³/mol. The van der Waals surface area contributed by atoms with Crippen molar-refractivity contribution in [2.45, 2.75) is 43.6 Å². The van der Waals surface area contributed by atoms with E-state index in [2.05, 4.69) is 31.3 Å². The maximum Gasteiger partial charge on any atom is 0.248 e. The quantitative estimate of drug-likeness (QED) is 0.791. The van der Waals surface area contributed by atoms with Gasteiger partial charge in [-0.25, -0.2) is 0 Å². The maximum atomic E-state index is 11.2. The van der Waals surface area contributed by atoms with Gasteiger partial charge in [-0.3, -0.25) is 4.79 Å². The molecule has 1 rings (SSSR count). The van der Waals surface area contributed by atoms with Crippen LogP contribution < -0.4 is 5.32 Å². The highest BCUT2D eigenvalue weighted by atomic mass is 32.2. The number of carbonyl (C=O) groups is 1. The highest BCUT2D eigenvalue weighted by Crippen LogP contribution is 2.22. The van der Waals surface area contributed by atoms with E-state index < -0.39 is 6.10 Å². The first-order valence-corrected chi connectivity index (χ1v) is 6.58. The molecule has 4 heteroatoms. The molecule has 3 nitrogen and oxygen atoms in total. The minimum Gasteiger partial charge on any atom is -0.384 e. The molecule has 0 radical (unpaired) electrons. The van der Waals surface area contributed by atoms with Gasteiger partial charge in [0.15, 0.2) is 0 Å². The highest BCUT2D eigenvalue weighted by molar-refractivity contribution is 7.99. The van der Waals surface area contributed by atoms with Gasteiger partial charge in [0.2, 0.25) is 5.91 Å². The average molecular weight is 253 g/mol. The summed E-state index contributed by atoms with van der Waals surface area (Å²) in [5, 5.41) is 12.3. The van der Waals surface area contributed by atoms with Gasteiger partial charge < -0.3 is 10.4 Å². The van der Waals surface area contributed by atoms with E-state index in [9.17, 15) is 4.79 Å². The van der Waals surface area contributed by atoms with Crippen molar-refractivity contribution in [1.82, 2.24) is 5.32 Å². The van der Waals surface area contributed by atoms with Crippen molar-refractivity contribution in [3.8, 4) is 0 Å². The Bertz CT molecular complexity index is 360. The fourth-order valence-electron chi connectivity index (χ4n) is 1.29. The predicted octanol–water partition coefficient (Wildman–Crippen LogP) is 2.18. The van der Waals surface area contributed by atoms with Crippen molar-refractivity contribution in [1.29, 1.82) is 0 Å². The third kappa shape index (κ3) is 5.24. The van der Waals surface area contributed by atoms with Crippen LogP contribution in [0.3, 0.4) is 0 Å². The molecule has 0 aliphatic rings. The second-order valence-electron chi connectivity index (χ2n) is 4.20. The fourth-order valence-corrected chi connectivity index (χ4v) is 2.13. The number of nitrogens with one attached hydrogen (secondary N) is 1. The Hall–Kier alpha value is -1.00. The molecule has 0 saturated carbocycles. The standard InChI is InChI=1S/C13H19NO2S/c1-9(2)17-12-6-4-11(5-7-12)8-14-13(16)10(3)15/h4-7,9-10,15H,8H2,1-3H3,(H,14,16). The lowest BCUT2D eigenvalue weighted by molar-refractivity contribution is -0.128. The van der Waals surface area contributed by atoms with Gasteiger partial charge in [0.25, 0.3) is 0 Å². The number of thioether (sulfide) groups is 1. The first-order chi connectivity index (χ1) is 7.99. The topological polar surface area (TPSA) is 49.3 Å². The molecule has 1 aromatic rings. The number of benzene rings is 1. The molecule has 0 saturated heterocycles. The molecular weight excluding hydrogens is 234 g/mol. The van der Waals surface area contributed by atoms with E-state index in [1.54, 1.807) is 0 Å². The molecule has 0 heterocycles. The van der Waals surface area contributed by atoms with E-state index in [-0.39, 0.29) is 5.91 Å². The monoisotopic (exact) mass is 253 g/mol. The molecule has 0 aromatic heterocycles. The van der Waals surface area contributed by atoms with Crippen LogP contribution in [0.1, 0.15) is 26.3 Å². The number of aliphatic hydroxyl groups is 1. The molecular formula is C13H19NO2S. The van der Waals surface area contributed by atoms with Crippen molar-refractivity contribution in [2.24, 2.45) is 0 Å². The number of amides is 1. The van der Waals surface area contributed by atoms with Crippen LogP contribution in [-0.4, -0.2) is 22.4 Å². The van der Waals surface area contributed by atoms with E-state index in [0.717, 1.165) is 5.56 Å². The van der Waals surface area contributed by atoms with Gasteiger partial charge in [-0.2, -0.15) is 0 Å². The molecule has 0 aliphatic heterocycles. The summed E-state index contributed by atoms with van der Waals surface area (Å²) in [6.45, 7) is 6.22. The summed E-state index contributed by atoms with van der Waals surface area (Å²) < 4.78 is 0. The van der Waals surface area contributed by atoms with Gasteiger partial charge in [0.05, 0.1) is 0 Å². The lowest BCUT2D eigenvalue weighted by atomic mass is 10.2. The molecule has 2 N–H and O–H groups in total. The van der Waals surface area contributed by atoms with Gasteiger partial charge in [-0.1, -0.05) is 26.0 Å². The van der Waals surface area contributed by atoms with Crippen LogP contribution in [0.5, 0.6) is 0 Å². The third-order valence-electron chi connectivity index (χ3n) is 2.14. The number of hydrogen-bond donors (Lipinski definition) is 2. The summed E-state index contributed by atoms with van der Waals surface area (Å²) in [7, 11) is 0. The molecule has 0 bridgehead atoms.